The van der Waals surface area contributed by atoms with Gasteiger partial charge in [-0.3, -0.25) is 4.79 Å². The number of amides is 1. The van der Waals surface area contributed by atoms with Gasteiger partial charge in [-0.15, -0.1) is 0 Å². The number of carbonyl (C=O) groups excluding carboxylic acids is 1. The lowest BCUT2D eigenvalue weighted by molar-refractivity contribution is -0.115. The highest BCUT2D eigenvalue weighted by atomic mass is 32.2. The zero-order valence-electron chi connectivity index (χ0n) is 14.2. The molecule has 2 aromatic carbocycles. The summed E-state index contributed by atoms with van der Waals surface area (Å²) in [7, 11) is -3.99. The van der Waals surface area contributed by atoms with Crippen LogP contribution in [0, 0.1) is 0 Å². The van der Waals surface area contributed by atoms with Gasteiger partial charge in [0.2, 0.25) is 0 Å². The maximum atomic E-state index is 12.4. The molecule has 0 saturated carbocycles. The molecule has 9 heteroatoms. The molecule has 1 aliphatic rings. The Hall–Kier alpha value is -2.36. The number of hydrogen-bond donors (Lipinski definition) is 1. The molecule has 0 aliphatic carbocycles. The van der Waals surface area contributed by atoms with Crippen molar-refractivity contribution >= 4 is 50.4 Å². The normalized spacial score (nSPS) is 15.7. The van der Waals surface area contributed by atoms with Crippen LogP contribution in [0.2, 0.25) is 0 Å². The Morgan fingerprint density at radius 3 is 2.52 bits per heavy atom. The fourth-order valence-electron chi connectivity index (χ4n) is 2.28. The molecule has 0 bridgehead atoms. The SMILES string of the molecule is CCOc1cc(C=C2SC(=S)NC2=O)ccc1OS(=O)(=O)c1ccccc1. The second kappa shape index (κ2) is 8.12. The minimum absolute atomic E-state index is 0.0474. The minimum atomic E-state index is -3.99. The molecule has 6 nitrogen and oxygen atoms in total. The highest BCUT2D eigenvalue weighted by molar-refractivity contribution is 8.26. The molecular weight excluding hydrogens is 406 g/mol. The lowest BCUT2D eigenvalue weighted by atomic mass is 10.2. The Morgan fingerprint density at radius 2 is 1.89 bits per heavy atom. The molecule has 27 heavy (non-hydrogen) atoms. The van der Waals surface area contributed by atoms with E-state index in [-0.39, 0.29) is 22.3 Å². The van der Waals surface area contributed by atoms with E-state index in [2.05, 4.69) is 5.32 Å². The van der Waals surface area contributed by atoms with E-state index < -0.39 is 10.1 Å². The van der Waals surface area contributed by atoms with Crippen LogP contribution < -0.4 is 14.2 Å². The number of rotatable bonds is 6. The zero-order chi connectivity index (χ0) is 19.4. The van der Waals surface area contributed by atoms with E-state index in [0.717, 1.165) is 11.8 Å². The topological polar surface area (TPSA) is 81.7 Å². The second-order valence-electron chi connectivity index (χ2n) is 5.34. The third-order valence-electron chi connectivity index (χ3n) is 3.44. The summed E-state index contributed by atoms with van der Waals surface area (Å²) in [4.78, 5) is 12.3. The Balaban J connectivity index is 1.92. The van der Waals surface area contributed by atoms with Gasteiger partial charge in [-0.2, -0.15) is 8.42 Å². The van der Waals surface area contributed by atoms with Gasteiger partial charge in [-0.25, -0.2) is 0 Å². The van der Waals surface area contributed by atoms with Crippen molar-refractivity contribution in [2.75, 3.05) is 6.61 Å². The van der Waals surface area contributed by atoms with Crippen molar-refractivity contribution in [3.8, 4) is 11.5 Å². The van der Waals surface area contributed by atoms with Crippen molar-refractivity contribution in [2.45, 2.75) is 11.8 Å². The van der Waals surface area contributed by atoms with Crippen molar-refractivity contribution in [3.05, 3.63) is 59.0 Å². The quantitative estimate of drug-likeness (QED) is 0.435. The standard InChI is InChI=1S/C18H15NO5S3/c1-2-23-15-10-12(11-16-17(20)19-18(25)26-16)8-9-14(15)24-27(21,22)13-6-4-3-5-7-13/h3-11H,2H2,1H3,(H,19,20,25). The van der Waals surface area contributed by atoms with Crippen molar-refractivity contribution in [1.82, 2.24) is 5.32 Å². The summed E-state index contributed by atoms with van der Waals surface area (Å²) < 4.78 is 36.1. The maximum absolute atomic E-state index is 12.4. The average Bonchev–Trinajstić information content (AvgIpc) is 2.95. The number of ether oxygens (including phenoxy) is 1. The molecule has 1 fully saturated rings. The molecule has 1 amide bonds. The molecule has 0 atom stereocenters. The predicted octanol–water partition coefficient (Wildman–Crippen LogP) is 3.34. The Morgan fingerprint density at radius 1 is 1.15 bits per heavy atom. The maximum Gasteiger partial charge on any atom is 0.339 e. The van der Waals surface area contributed by atoms with Crippen LogP contribution in [0.25, 0.3) is 6.08 Å². The Kier molecular flexibility index (Phi) is 5.83. The van der Waals surface area contributed by atoms with Crippen LogP contribution in [0.5, 0.6) is 11.5 Å². The van der Waals surface area contributed by atoms with Crippen LogP contribution in [-0.4, -0.2) is 25.3 Å². The molecule has 1 N–H and O–H groups in total. The molecule has 1 heterocycles. The Labute approximate surface area is 166 Å². The van der Waals surface area contributed by atoms with E-state index in [9.17, 15) is 13.2 Å². The summed E-state index contributed by atoms with van der Waals surface area (Å²) in [6, 6.07) is 12.6. The number of nitrogens with one attached hydrogen (secondary N) is 1. The van der Waals surface area contributed by atoms with Gasteiger partial charge >= 0.3 is 10.1 Å². The van der Waals surface area contributed by atoms with Crippen LogP contribution in [0.4, 0.5) is 0 Å². The number of thioether (sulfide) groups is 1. The molecule has 2 aromatic rings. The first-order chi connectivity index (χ1) is 12.9. The average molecular weight is 422 g/mol. The lowest BCUT2D eigenvalue weighted by Crippen LogP contribution is -2.17. The molecular formula is C18H15NO5S3. The molecule has 1 saturated heterocycles. The smallest absolute Gasteiger partial charge is 0.339 e. The van der Waals surface area contributed by atoms with Crippen LogP contribution in [0.15, 0.2) is 58.3 Å². The van der Waals surface area contributed by atoms with Crippen molar-refractivity contribution in [3.63, 3.8) is 0 Å². The van der Waals surface area contributed by atoms with Gasteiger partial charge in [0.05, 0.1) is 11.5 Å². The third-order valence-corrected chi connectivity index (χ3v) is 5.85. The summed E-state index contributed by atoms with van der Waals surface area (Å²) in [5.74, 6) is 0.0641. The molecule has 0 unspecified atom stereocenters. The fraction of sp³-hybridized carbons (Fsp3) is 0.111. The monoisotopic (exact) mass is 421 g/mol. The number of benzene rings is 2. The first-order valence-corrected chi connectivity index (χ1v) is 10.5. The van der Waals surface area contributed by atoms with E-state index in [1.165, 1.54) is 18.2 Å². The van der Waals surface area contributed by atoms with Crippen molar-refractivity contribution < 1.29 is 22.1 Å². The summed E-state index contributed by atoms with van der Waals surface area (Å²) in [6.45, 7) is 2.10. The number of carbonyl (C=O) groups is 1. The van der Waals surface area contributed by atoms with Crippen LogP contribution in [0.3, 0.4) is 0 Å². The second-order valence-corrected chi connectivity index (χ2v) is 8.61. The fourth-order valence-corrected chi connectivity index (χ4v) is 4.28. The first-order valence-electron chi connectivity index (χ1n) is 7.90. The zero-order valence-corrected chi connectivity index (χ0v) is 16.6. The summed E-state index contributed by atoms with van der Waals surface area (Å²) in [5, 5.41) is 2.54. The lowest BCUT2D eigenvalue weighted by Gasteiger charge is -2.12. The first kappa shape index (κ1) is 19.4. The van der Waals surface area contributed by atoms with Gasteiger partial charge in [-0.05, 0) is 42.8 Å². The highest BCUT2D eigenvalue weighted by Crippen LogP contribution is 2.33. The van der Waals surface area contributed by atoms with Gasteiger partial charge in [0, 0.05) is 0 Å². The van der Waals surface area contributed by atoms with Gasteiger partial charge < -0.3 is 14.2 Å². The van der Waals surface area contributed by atoms with E-state index in [1.54, 1.807) is 43.3 Å². The highest BCUT2D eigenvalue weighted by Gasteiger charge is 2.23. The number of hydrogen-bond acceptors (Lipinski definition) is 7. The third kappa shape index (κ3) is 4.68. The van der Waals surface area contributed by atoms with Crippen molar-refractivity contribution in [1.29, 1.82) is 0 Å². The molecule has 1 aliphatic heterocycles. The molecule has 0 spiro atoms. The van der Waals surface area contributed by atoms with Crippen LogP contribution in [0.1, 0.15) is 12.5 Å². The van der Waals surface area contributed by atoms with E-state index in [4.69, 9.17) is 21.1 Å². The summed E-state index contributed by atoms with van der Waals surface area (Å²) >= 11 is 6.13. The molecule has 140 valence electrons. The molecule has 0 aromatic heterocycles. The molecule has 0 radical (unpaired) electrons. The summed E-state index contributed by atoms with van der Waals surface area (Å²) in [6.07, 6.45) is 1.65. The van der Waals surface area contributed by atoms with Crippen LogP contribution >= 0.6 is 24.0 Å². The van der Waals surface area contributed by atoms with E-state index in [1.807, 2.05) is 0 Å². The van der Waals surface area contributed by atoms with Gasteiger partial charge in [-0.1, -0.05) is 48.2 Å². The van der Waals surface area contributed by atoms with Gasteiger partial charge in [0.1, 0.15) is 9.22 Å². The Bertz CT molecular complexity index is 1020. The molecule has 3 rings (SSSR count). The summed E-state index contributed by atoms with van der Waals surface area (Å²) in [5.41, 5.74) is 0.658. The van der Waals surface area contributed by atoms with Gasteiger partial charge in [0.25, 0.3) is 5.91 Å². The van der Waals surface area contributed by atoms with Crippen LogP contribution in [-0.2, 0) is 14.9 Å². The largest absolute Gasteiger partial charge is 0.490 e. The van der Waals surface area contributed by atoms with E-state index in [0.29, 0.717) is 21.4 Å². The van der Waals surface area contributed by atoms with Crippen molar-refractivity contribution in [2.24, 2.45) is 0 Å². The number of thiocarbonyl (C=S) groups is 1. The van der Waals surface area contributed by atoms with E-state index >= 15 is 0 Å². The minimum Gasteiger partial charge on any atom is -0.490 e. The van der Waals surface area contributed by atoms with Gasteiger partial charge in [0.15, 0.2) is 11.5 Å². The predicted molar refractivity (Wildman–Crippen MR) is 108 cm³/mol.